The molecule has 0 atom stereocenters. The topological polar surface area (TPSA) is 91.9 Å². The number of H-pyrrole nitrogens is 1. The molecule has 29 heavy (non-hydrogen) atoms. The molecule has 3 rings (SSSR count). The zero-order chi connectivity index (χ0) is 20.8. The second kappa shape index (κ2) is 9.80. The summed E-state index contributed by atoms with van der Waals surface area (Å²) in [6, 6.07) is 7.28. The van der Waals surface area contributed by atoms with E-state index in [0.717, 1.165) is 11.1 Å². The van der Waals surface area contributed by atoms with Gasteiger partial charge in [-0.25, -0.2) is 4.79 Å². The van der Waals surface area contributed by atoms with Crippen LogP contribution in [-0.2, 0) is 14.3 Å². The molecule has 1 aromatic carbocycles. The Hall–Kier alpha value is -2.51. The Bertz CT molecular complexity index is 841. The van der Waals surface area contributed by atoms with E-state index in [-0.39, 0.29) is 24.2 Å². The summed E-state index contributed by atoms with van der Waals surface area (Å²) in [5, 5.41) is 10.2. The van der Waals surface area contributed by atoms with Crippen LogP contribution in [0, 0.1) is 5.92 Å². The predicted octanol–water partition coefficient (Wildman–Crippen LogP) is 3.83. The molecule has 0 radical (unpaired) electrons. The molecule has 2 N–H and O–H groups in total. The number of piperidine rings is 1. The van der Waals surface area contributed by atoms with Crippen LogP contribution >= 0.6 is 11.6 Å². The first-order valence-corrected chi connectivity index (χ1v) is 10.1. The number of nitrogens with zero attached hydrogens (tertiary/aromatic N) is 1. The summed E-state index contributed by atoms with van der Waals surface area (Å²) in [7, 11) is 0. The Labute approximate surface area is 174 Å². The van der Waals surface area contributed by atoms with Gasteiger partial charge in [-0.2, -0.15) is 0 Å². The molecule has 7 nitrogen and oxygen atoms in total. The first-order valence-electron chi connectivity index (χ1n) is 9.71. The molecule has 1 aliphatic rings. The number of ether oxygens (including phenoxy) is 2. The summed E-state index contributed by atoms with van der Waals surface area (Å²) in [6.07, 6.45) is 2.92. The number of hydrogen-bond acceptors (Lipinski definition) is 5. The number of carboxylic acids is 1. The number of halogens is 1. The molecule has 0 amide bonds. The smallest absolute Gasteiger partial charge is 0.354 e. The van der Waals surface area contributed by atoms with Crippen LogP contribution in [0.15, 0.2) is 30.5 Å². The summed E-state index contributed by atoms with van der Waals surface area (Å²) in [5.41, 5.74) is 2.47. The van der Waals surface area contributed by atoms with E-state index in [2.05, 4.69) is 4.98 Å². The number of rotatable bonds is 8. The number of benzene rings is 1. The van der Waals surface area contributed by atoms with Crippen LogP contribution in [0.1, 0.15) is 30.3 Å². The van der Waals surface area contributed by atoms with E-state index in [9.17, 15) is 14.7 Å². The fourth-order valence-electron chi connectivity index (χ4n) is 3.56. The van der Waals surface area contributed by atoms with Crippen LogP contribution in [0.3, 0.4) is 0 Å². The fraction of sp³-hybridized carbons (Fsp3) is 0.429. The van der Waals surface area contributed by atoms with Gasteiger partial charge >= 0.3 is 11.9 Å². The summed E-state index contributed by atoms with van der Waals surface area (Å²) in [5.74, 6) is -1.41. The van der Waals surface area contributed by atoms with Crippen molar-refractivity contribution in [3.63, 3.8) is 0 Å². The molecule has 1 aliphatic heterocycles. The van der Waals surface area contributed by atoms with Gasteiger partial charge in [0.1, 0.15) is 12.3 Å². The Morgan fingerprint density at radius 2 is 1.90 bits per heavy atom. The minimum absolute atomic E-state index is 0.146. The molecule has 1 fully saturated rings. The number of nitrogens with one attached hydrogen (secondary N) is 1. The van der Waals surface area contributed by atoms with Crippen molar-refractivity contribution < 1.29 is 24.2 Å². The molecule has 1 aromatic heterocycles. The van der Waals surface area contributed by atoms with Crippen molar-refractivity contribution in [1.29, 1.82) is 0 Å². The number of aromatic carboxylic acids is 1. The molecular weight excluding hydrogens is 396 g/mol. The van der Waals surface area contributed by atoms with Gasteiger partial charge in [0.2, 0.25) is 0 Å². The number of carbonyl (C=O) groups is 2. The second-order valence-corrected chi connectivity index (χ2v) is 7.30. The summed E-state index contributed by atoms with van der Waals surface area (Å²) < 4.78 is 10.5. The highest BCUT2D eigenvalue weighted by Gasteiger charge is 2.30. The Morgan fingerprint density at radius 1 is 1.21 bits per heavy atom. The monoisotopic (exact) mass is 420 g/mol. The van der Waals surface area contributed by atoms with Crippen LogP contribution in [0.2, 0.25) is 5.02 Å². The molecule has 0 spiro atoms. The first-order chi connectivity index (χ1) is 14.0. The highest BCUT2D eigenvalue weighted by molar-refractivity contribution is 6.30. The lowest BCUT2D eigenvalue weighted by atomic mass is 9.95. The maximum Gasteiger partial charge on any atom is 0.354 e. The van der Waals surface area contributed by atoms with Gasteiger partial charge in [0, 0.05) is 36.5 Å². The van der Waals surface area contributed by atoms with E-state index in [1.165, 1.54) is 0 Å². The number of carboxylic acid groups (broad SMARTS) is 1. The molecule has 8 heteroatoms. The van der Waals surface area contributed by atoms with E-state index in [1.54, 1.807) is 18.3 Å². The lowest BCUT2D eigenvalue weighted by Gasteiger charge is -2.33. The second-order valence-electron chi connectivity index (χ2n) is 6.86. The largest absolute Gasteiger partial charge is 0.477 e. The van der Waals surface area contributed by atoms with Crippen molar-refractivity contribution in [3.8, 4) is 11.1 Å². The van der Waals surface area contributed by atoms with Gasteiger partial charge in [0.05, 0.1) is 18.2 Å². The maximum absolute atomic E-state index is 12.2. The Balaban J connectivity index is 1.71. The number of aromatic amines is 1. The third kappa shape index (κ3) is 5.10. The Morgan fingerprint density at radius 3 is 2.52 bits per heavy atom. The van der Waals surface area contributed by atoms with Gasteiger partial charge in [-0.15, -0.1) is 0 Å². The highest BCUT2D eigenvalue weighted by Crippen LogP contribution is 2.37. The number of aromatic nitrogens is 1. The van der Waals surface area contributed by atoms with Gasteiger partial charge in [0.15, 0.2) is 0 Å². The normalized spacial score (nSPS) is 14.8. The number of esters is 1. The quantitative estimate of drug-likeness (QED) is 0.498. The molecule has 2 aromatic rings. The van der Waals surface area contributed by atoms with Crippen LogP contribution < -0.4 is 4.90 Å². The summed E-state index contributed by atoms with van der Waals surface area (Å²) in [4.78, 5) is 28.9. The maximum atomic E-state index is 12.2. The summed E-state index contributed by atoms with van der Waals surface area (Å²) in [6.45, 7) is 4.29. The molecule has 0 unspecified atom stereocenters. The van der Waals surface area contributed by atoms with Crippen molar-refractivity contribution in [2.24, 2.45) is 5.92 Å². The van der Waals surface area contributed by atoms with Crippen molar-refractivity contribution >= 4 is 29.2 Å². The summed E-state index contributed by atoms with van der Waals surface area (Å²) >= 11 is 5.98. The number of anilines is 1. The van der Waals surface area contributed by atoms with E-state index in [0.29, 0.717) is 49.9 Å². The predicted molar refractivity (Wildman–Crippen MR) is 111 cm³/mol. The van der Waals surface area contributed by atoms with Crippen molar-refractivity contribution in [1.82, 2.24) is 4.98 Å². The van der Waals surface area contributed by atoms with Crippen molar-refractivity contribution in [2.45, 2.75) is 19.8 Å². The van der Waals surface area contributed by atoms with E-state index in [1.807, 2.05) is 24.0 Å². The highest BCUT2D eigenvalue weighted by atomic mass is 35.5. The van der Waals surface area contributed by atoms with Gasteiger partial charge in [-0.1, -0.05) is 23.7 Å². The first kappa shape index (κ1) is 21.2. The minimum atomic E-state index is -1.02. The molecular formula is C21H25ClN2O5. The lowest BCUT2D eigenvalue weighted by Crippen LogP contribution is -2.38. The van der Waals surface area contributed by atoms with E-state index < -0.39 is 5.97 Å². The van der Waals surface area contributed by atoms with E-state index >= 15 is 0 Å². The molecule has 0 aliphatic carbocycles. The molecule has 0 bridgehead atoms. The van der Waals surface area contributed by atoms with Gasteiger partial charge in [-0.3, -0.25) is 4.79 Å². The zero-order valence-corrected chi connectivity index (χ0v) is 17.1. The minimum Gasteiger partial charge on any atom is -0.477 e. The Kier molecular flexibility index (Phi) is 7.17. The SMILES string of the molecule is CCOCCOC(=O)C1CCN(c2c(-c3ccc(Cl)cc3)c[nH]c2C(=O)O)CC1. The average molecular weight is 421 g/mol. The van der Waals surface area contributed by atoms with Gasteiger partial charge in [0.25, 0.3) is 0 Å². The third-order valence-electron chi connectivity index (χ3n) is 5.04. The van der Waals surface area contributed by atoms with Gasteiger partial charge in [-0.05, 0) is 37.5 Å². The molecule has 156 valence electrons. The van der Waals surface area contributed by atoms with Crippen molar-refractivity contribution in [2.75, 3.05) is 37.8 Å². The van der Waals surface area contributed by atoms with Crippen LogP contribution in [0.4, 0.5) is 5.69 Å². The number of hydrogen-bond donors (Lipinski definition) is 2. The standard InChI is InChI=1S/C21H25ClN2O5/c1-2-28-11-12-29-21(27)15-7-9-24(10-8-15)19-17(13-23-18(19)20(25)26)14-3-5-16(22)6-4-14/h3-6,13,15,23H,2,7-12H2,1H3,(H,25,26). The lowest BCUT2D eigenvalue weighted by molar-refractivity contribution is -0.150. The molecule has 1 saturated heterocycles. The zero-order valence-electron chi connectivity index (χ0n) is 16.3. The van der Waals surface area contributed by atoms with Gasteiger partial charge < -0.3 is 24.5 Å². The van der Waals surface area contributed by atoms with Crippen molar-refractivity contribution in [3.05, 3.63) is 41.2 Å². The van der Waals surface area contributed by atoms with Crippen LogP contribution in [-0.4, -0.2) is 54.9 Å². The van der Waals surface area contributed by atoms with Crippen LogP contribution in [0.5, 0.6) is 0 Å². The number of carbonyl (C=O) groups excluding carboxylic acids is 1. The molecule has 2 heterocycles. The third-order valence-corrected chi connectivity index (χ3v) is 5.29. The van der Waals surface area contributed by atoms with Crippen LogP contribution in [0.25, 0.3) is 11.1 Å². The molecule has 0 saturated carbocycles. The fourth-order valence-corrected chi connectivity index (χ4v) is 3.68. The van der Waals surface area contributed by atoms with E-state index in [4.69, 9.17) is 21.1 Å². The average Bonchev–Trinajstić information content (AvgIpc) is 3.17.